The van der Waals surface area contributed by atoms with Crippen LogP contribution in [0.15, 0.2) is 6.33 Å². The molecule has 0 saturated heterocycles. The lowest BCUT2D eigenvalue weighted by Crippen LogP contribution is -2.15. The molecule has 2 aromatic heterocycles. The molecule has 0 aromatic carbocycles. The Kier molecular flexibility index (Phi) is 3.21. The van der Waals surface area contributed by atoms with Crippen LogP contribution in [0.1, 0.15) is 16.4 Å². The summed E-state index contributed by atoms with van der Waals surface area (Å²) < 4.78 is 0. The maximum atomic E-state index is 11.7. The normalized spacial score (nSPS) is 10.3. The Morgan fingerprint density at radius 1 is 1.35 bits per heavy atom. The fourth-order valence-corrected chi connectivity index (χ4v) is 1.47. The van der Waals surface area contributed by atoms with Gasteiger partial charge in [-0.15, -0.1) is 5.10 Å². The third-order valence-corrected chi connectivity index (χ3v) is 2.37. The first-order chi connectivity index (χ1) is 8.08. The molecular formula is C8H6Cl2N6O. The SMILES string of the molecule is Cc1nc(C(=O)Nc2c(Cl)ncnc2Cl)n[nH]1. The minimum Gasteiger partial charge on any atom is -0.314 e. The second-order valence-corrected chi connectivity index (χ2v) is 3.74. The van der Waals surface area contributed by atoms with Crippen LogP contribution < -0.4 is 5.32 Å². The Hall–Kier alpha value is -1.73. The number of hydrogen-bond acceptors (Lipinski definition) is 5. The van der Waals surface area contributed by atoms with Crippen LogP contribution in [0, 0.1) is 6.92 Å². The smallest absolute Gasteiger partial charge is 0.295 e. The standard InChI is InChI=1S/C8H6Cl2N6O/c1-3-13-7(16-15-3)8(17)14-4-5(9)11-2-12-6(4)10/h2H,1H3,(H,14,17)(H,13,15,16). The molecule has 88 valence electrons. The molecule has 0 aliphatic carbocycles. The number of aromatic amines is 1. The largest absolute Gasteiger partial charge is 0.314 e. The number of nitrogens with one attached hydrogen (secondary N) is 2. The predicted molar refractivity (Wildman–Crippen MR) is 61.1 cm³/mol. The van der Waals surface area contributed by atoms with E-state index >= 15 is 0 Å². The van der Waals surface area contributed by atoms with Crippen molar-refractivity contribution in [2.75, 3.05) is 5.32 Å². The maximum Gasteiger partial charge on any atom is 0.295 e. The van der Waals surface area contributed by atoms with Gasteiger partial charge in [0.25, 0.3) is 5.91 Å². The number of amides is 1. The van der Waals surface area contributed by atoms with E-state index < -0.39 is 5.91 Å². The summed E-state index contributed by atoms with van der Waals surface area (Å²) in [6, 6.07) is 0. The fraction of sp³-hybridized carbons (Fsp3) is 0.125. The highest BCUT2D eigenvalue weighted by Gasteiger charge is 2.16. The molecular weight excluding hydrogens is 267 g/mol. The Labute approximate surface area is 106 Å². The van der Waals surface area contributed by atoms with Gasteiger partial charge >= 0.3 is 0 Å². The number of rotatable bonds is 2. The van der Waals surface area contributed by atoms with Gasteiger partial charge in [-0.25, -0.2) is 15.0 Å². The molecule has 9 heteroatoms. The van der Waals surface area contributed by atoms with Crippen molar-refractivity contribution in [1.82, 2.24) is 25.1 Å². The van der Waals surface area contributed by atoms with Gasteiger partial charge in [-0.3, -0.25) is 9.89 Å². The van der Waals surface area contributed by atoms with Crippen LogP contribution in [0.4, 0.5) is 5.69 Å². The molecule has 0 spiro atoms. The van der Waals surface area contributed by atoms with Crippen LogP contribution in [0.5, 0.6) is 0 Å². The number of H-pyrrole nitrogens is 1. The maximum absolute atomic E-state index is 11.7. The molecule has 2 aromatic rings. The average Bonchev–Trinajstić information content (AvgIpc) is 2.70. The van der Waals surface area contributed by atoms with Gasteiger partial charge in [-0.2, -0.15) is 0 Å². The van der Waals surface area contributed by atoms with E-state index in [0.717, 1.165) is 0 Å². The summed E-state index contributed by atoms with van der Waals surface area (Å²) in [5, 5.41) is 8.77. The van der Waals surface area contributed by atoms with E-state index in [1.165, 1.54) is 6.33 Å². The van der Waals surface area contributed by atoms with Gasteiger partial charge in [-0.05, 0) is 6.92 Å². The molecule has 1 amide bonds. The zero-order chi connectivity index (χ0) is 12.4. The van der Waals surface area contributed by atoms with Crippen molar-refractivity contribution in [1.29, 1.82) is 0 Å². The topological polar surface area (TPSA) is 96.5 Å². The Balaban J connectivity index is 2.24. The van der Waals surface area contributed by atoms with Crippen LogP contribution in [0.2, 0.25) is 10.3 Å². The molecule has 0 radical (unpaired) electrons. The van der Waals surface area contributed by atoms with Crippen LogP contribution in [-0.2, 0) is 0 Å². The van der Waals surface area contributed by atoms with E-state index in [0.29, 0.717) is 5.82 Å². The molecule has 17 heavy (non-hydrogen) atoms. The quantitative estimate of drug-likeness (QED) is 0.807. The Morgan fingerprint density at radius 3 is 2.53 bits per heavy atom. The molecule has 2 rings (SSSR count). The number of aromatic nitrogens is 5. The molecule has 0 aliphatic rings. The van der Waals surface area contributed by atoms with Crippen LogP contribution in [0.3, 0.4) is 0 Å². The molecule has 0 saturated carbocycles. The van der Waals surface area contributed by atoms with Crippen molar-refractivity contribution in [3.8, 4) is 0 Å². The zero-order valence-corrected chi connectivity index (χ0v) is 10.0. The van der Waals surface area contributed by atoms with Gasteiger partial charge in [0, 0.05) is 0 Å². The van der Waals surface area contributed by atoms with Crippen molar-refractivity contribution in [2.24, 2.45) is 0 Å². The van der Waals surface area contributed by atoms with Crippen molar-refractivity contribution in [3.05, 3.63) is 28.3 Å². The van der Waals surface area contributed by atoms with E-state index in [1.54, 1.807) is 6.92 Å². The van der Waals surface area contributed by atoms with E-state index in [4.69, 9.17) is 23.2 Å². The third-order valence-electron chi connectivity index (χ3n) is 1.79. The molecule has 0 atom stereocenters. The molecule has 0 fully saturated rings. The van der Waals surface area contributed by atoms with Crippen molar-refractivity contribution < 1.29 is 4.79 Å². The molecule has 0 unspecified atom stereocenters. The first-order valence-electron chi connectivity index (χ1n) is 4.44. The summed E-state index contributed by atoms with van der Waals surface area (Å²) in [6.45, 7) is 1.68. The fourth-order valence-electron chi connectivity index (χ4n) is 1.06. The van der Waals surface area contributed by atoms with Crippen LogP contribution in [0.25, 0.3) is 0 Å². The molecule has 2 N–H and O–H groups in total. The number of nitrogens with zero attached hydrogens (tertiary/aromatic N) is 4. The minimum atomic E-state index is -0.548. The summed E-state index contributed by atoms with van der Waals surface area (Å²) in [4.78, 5) is 23.0. The van der Waals surface area contributed by atoms with Gasteiger partial charge < -0.3 is 5.32 Å². The van der Waals surface area contributed by atoms with Crippen molar-refractivity contribution in [2.45, 2.75) is 6.92 Å². The molecule has 0 aliphatic heterocycles. The van der Waals surface area contributed by atoms with Crippen LogP contribution >= 0.6 is 23.2 Å². The summed E-state index contributed by atoms with van der Waals surface area (Å²) in [6.07, 6.45) is 1.19. The third kappa shape index (κ3) is 2.51. The predicted octanol–water partition coefficient (Wildman–Crippen LogP) is 1.46. The number of halogens is 2. The second-order valence-electron chi connectivity index (χ2n) is 3.03. The molecule has 0 bridgehead atoms. The lowest BCUT2D eigenvalue weighted by Gasteiger charge is -2.04. The lowest BCUT2D eigenvalue weighted by molar-refractivity contribution is 0.101. The second kappa shape index (κ2) is 4.64. The summed E-state index contributed by atoms with van der Waals surface area (Å²) in [7, 11) is 0. The highest BCUT2D eigenvalue weighted by Crippen LogP contribution is 2.25. The van der Waals surface area contributed by atoms with Gasteiger partial charge in [0.1, 0.15) is 17.8 Å². The molecule has 7 nitrogen and oxygen atoms in total. The van der Waals surface area contributed by atoms with Gasteiger partial charge in [0.2, 0.25) is 5.82 Å². The van der Waals surface area contributed by atoms with E-state index in [-0.39, 0.29) is 21.8 Å². The Bertz CT molecular complexity index is 549. The van der Waals surface area contributed by atoms with E-state index in [2.05, 4.69) is 30.5 Å². The number of carbonyl (C=O) groups is 1. The first-order valence-corrected chi connectivity index (χ1v) is 5.20. The Morgan fingerprint density at radius 2 is 2.00 bits per heavy atom. The lowest BCUT2D eigenvalue weighted by atomic mass is 10.4. The highest BCUT2D eigenvalue weighted by molar-refractivity contribution is 6.38. The zero-order valence-electron chi connectivity index (χ0n) is 8.53. The van der Waals surface area contributed by atoms with Gasteiger partial charge in [0.05, 0.1) is 0 Å². The van der Waals surface area contributed by atoms with Gasteiger partial charge in [0.15, 0.2) is 10.3 Å². The number of anilines is 1. The van der Waals surface area contributed by atoms with Crippen molar-refractivity contribution in [3.63, 3.8) is 0 Å². The van der Waals surface area contributed by atoms with E-state index in [9.17, 15) is 4.79 Å². The first kappa shape index (κ1) is 11.7. The number of aryl methyl sites for hydroxylation is 1. The summed E-state index contributed by atoms with van der Waals surface area (Å²) in [5.41, 5.74) is 0.128. The monoisotopic (exact) mass is 272 g/mol. The van der Waals surface area contributed by atoms with Crippen molar-refractivity contribution >= 4 is 34.8 Å². The number of carbonyl (C=O) groups excluding carboxylic acids is 1. The average molecular weight is 273 g/mol. The van der Waals surface area contributed by atoms with E-state index in [1.807, 2.05) is 0 Å². The highest BCUT2D eigenvalue weighted by atomic mass is 35.5. The van der Waals surface area contributed by atoms with Crippen LogP contribution in [-0.4, -0.2) is 31.1 Å². The van der Waals surface area contributed by atoms with Gasteiger partial charge in [-0.1, -0.05) is 23.2 Å². The summed E-state index contributed by atoms with van der Waals surface area (Å²) >= 11 is 11.5. The summed E-state index contributed by atoms with van der Waals surface area (Å²) in [5.74, 6) is -0.0388. The minimum absolute atomic E-state index is 0.0153. The number of hydrogen-bond donors (Lipinski definition) is 2. The molecule has 2 heterocycles.